The number of pyridine rings is 1. The predicted molar refractivity (Wildman–Crippen MR) is 80.8 cm³/mol. The molecule has 2 aromatic heterocycles. The van der Waals surface area contributed by atoms with Crippen LogP contribution in [0.15, 0.2) is 34.2 Å². The molecule has 0 saturated carbocycles. The van der Waals surface area contributed by atoms with Crippen LogP contribution >= 0.6 is 27.3 Å². The molecule has 0 fully saturated rings. The number of halogens is 1. The summed E-state index contributed by atoms with van der Waals surface area (Å²) in [5.74, 6) is 0.579. The SMILES string of the molecule is CCNC(Cc1ccnc(N)c1)c1ccc(Br)s1. The van der Waals surface area contributed by atoms with E-state index in [9.17, 15) is 0 Å². The number of rotatable bonds is 5. The Balaban J connectivity index is 2.16. The van der Waals surface area contributed by atoms with Gasteiger partial charge in [0, 0.05) is 17.1 Å². The van der Waals surface area contributed by atoms with Crippen molar-refractivity contribution in [3.8, 4) is 0 Å². The number of aromatic nitrogens is 1. The van der Waals surface area contributed by atoms with Crippen molar-refractivity contribution in [2.45, 2.75) is 19.4 Å². The van der Waals surface area contributed by atoms with Crippen molar-refractivity contribution in [1.82, 2.24) is 10.3 Å². The minimum absolute atomic E-state index is 0.327. The second-order valence-electron chi connectivity index (χ2n) is 4.05. The van der Waals surface area contributed by atoms with Crippen LogP contribution in [0.25, 0.3) is 0 Å². The van der Waals surface area contributed by atoms with Gasteiger partial charge in [-0.05, 0) is 58.7 Å². The van der Waals surface area contributed by atoms with E-state index in [1.807, 2.05) is 12.1 Å². The van der Waals surface area contributed by atoms with E-state index < -0.39 is 0 Å². The third-order valence-corrected chi connectivity index (χ3v) is 4.41. The predicted octanol–water partition coefficient (Wildman–Crippen LogP) is 3.38. The number of hydrogen-bond donors (Lipinski definition) is 2. The Hall–Kier alpha value is -0.910. The van der Waals surface area contributed by atoms with Crippen LogP contribution in [0.2, 0.25) is 0 Å². The van der Waals surface area contributed by atoms with Crippen LogP contribution < -0.4 is 11.1 Å². The fourth-order valence-electron chi connectivity index (χ4n) is 1.89. The molecule has 5 heteroatoms. The lowest BCUT2D eigenvalue weighted by molar-refractivity contribution is 0.558. The van der Waals surface area contributed by atoms with Gasteiger partial charge in [0.15, 0.2) is 0 Å². The molecule has 0 radical (unpaired) electrons. The van der Waals surface area contributed by atoms with Crippen molar-refractivity contribution in [2.75, 3.05) is 12.3 Å². The topological polar surface area (TPSA) is 50.9 Å². The summed E-state index contributed by atoms with van der Waals surface area (Å²) in [6, 6.07) is 8.53. The molecule has 0 aliphatic heterocycles. The second-order valence-corrected chi connectivity index (χ2v) is 6.54. The Kier molecular flexibility index (Phi) is 4.74. The maximum Gasteiger partial charge on any atom is 0.123 e. The first kappa shape index (κ1) is 13.5. The number of nitrogens with zero attached hydrogens (tertiary/aromatic N) is 1. The Morgan fingerprint density at radius 2 is 2.28 bits per heavy atom. The van der Waals surface area contributed by atoms with Crippen molar-refractivity contribution < 1.29 is 0 Å². The van der Waals surface area contributed by atoms with E-state index in [4.69, 9.17) is 5.73 Å². The van der Waals surface area contributed by atoms with E-state index in [0.29, 0.717) is 11.9 Å². The first-order valence-electron chi connectivity index (χ1n) is 5.88. The third kappa shape index (κ3) is 3.54. The molecule has 1 unspecified atom stereocenters. The van der Waals surface area contributed by atoms with E-state index in [-0.39, 0.29) is 0 Å². The summed E-state index contributed by atoms with van der Waals surface area (Å²) in [5.41, 5.74) is 6.92. The van der Waals surface area contributed by atoms with Crippen LogP contribution in [0.5, 0.6) is 0 Å². The lowest BCUT2D eigenvalue weighted by Crippen LogP contribution is -2.22. The highest BCUT2D eigenvalue weighted by Crippen LogP contribution is 2.29. The molecule has 0 aliphatic rings. The standard InChI is InChI=1S/C13H16BrN3S/c1-2-16-10(11-3-4-12(14)18-11)7-9-5-6-17-13(15)8-9/h3-6,8,10,16H,2,7H2,1H3,(H2,15,17). The van der Waals surface area contributed by atoms with Gasteiger partial charge in [-0.15, -0.1) is 11.3 Å². The molecule has 96 valence electrons. The van der Waals surface area contributed by atoms with Crippen LogP contribution in [0.4, 0.5) is 5.82 Å². The van der Waals surface area contributed by atoms with Gasteiger partial charge in [-0.1, -0.05) is 6.92 Å². The van der Waals surface area contributed by atoms with E-state index in [0.717, 1.165) is 16.8 Å². The molecule has 2 rings (SSSR count). The van der Waals surface area contributed by atoms with Crippen molar-refractivity contribution in [3.05, 3.63) is 44.7 Å². The number of anilines is 1. The van der Waals surface area contributed by atoms with Crippen LogP contribution in [0.1, 0.15) is 23.4 Å². The van der Waals surface area contributed by atoms with Crippen molar-refractivity contribution in [2.24, 2.45) is 0 Å². The highest BCUT2D eigenvalue weighted by atomic mass is 79.9. The highest BCUT2D eigenvalue weighted by Gasteiger charge is 2.13. The van der Waals surface area contributed by atoms with Crippen molar-refractivity contribution in [1.29, 1.82) is 0 Å². The fourth-order valence-corrected chi connectivity index (χ4v) is 3.39. The molecule has 18 heavy (non-hydrogen) atoms. The van der Waals surface area contributed by atoms with Gasteiger partial charge in [0.1, 0.15) is 5.82 Å². The lowest BCUT2D eigenvalue weighted by atomic mass is 10.1. The summed E-state index contributed by atoms with van der Waals surface area (Å²) in [5, 5.41) is 3.51. The number of thiophene rings is 1. The zero-order valence-electron chi connectivity index (χ0n) is 10.2. The Bertz CT molecular complexity index is 512. The van der Waals surface area contributed by atoms with Crippen LogP contribution in [-0.2, 0) is 6.42 Å². The summed E-state index contributed by atoms with van der Waals surface area (Å²) in [7, 11) is 0. The number of nitrogens with one attached hydrogen (secondary N) is 1. The van der Waals surface area contributed by atoms with Crippen LogP contribution in [-0.4, -0.2) is 11.5 Å². The van der Waals surface area contributed by atoms with E-state index in [2.05, 4.69) is 45.3 Å². The van der Waals surface area contributed by atoms with Gasteiger partial charge in [0.05, 0.1) is 3.79 Å². The maximum atomic E-state index is 5.71. The maximum absolute atomic E-state index is 5.71. The summed E-state index contributed by atoms with van der Waals surface area (Å²) in [6.45, 7) is 3.07. The average Bonchev–Trinajstić information content (AvgIpc) is 2.75. The van der Waals surface area contributed by atoms with Gasteiger partial charge in [0.2, 0.25) is 0 Å². The molecule has 3 N–H and O–H groups in total. The number of hydrogen-bond acceptors (Lipinski definition) is 4. The fraction of sp³-hybridized carbons (Fsp3) is 0.308. The zero-order valence-corrected chi connectivity index (χ0v) is 12.6. The molecule has 0 bridgehead atoms. The summed E-state index contributed by atoms with van der Waals surface area (Å²) < 4.78 is 1.16. The minimum Gasteiger partial charge on any atom is -0.384 e. The van der Waals surface area contributed by atoms with E-state index >= 15 is 0 Å². The number of nitrogen functional groups attached to an aromatic ring is 1. The summed E-state index contributed by atoms with van der Waals surface area (Å²) in [4.78, 5) is 5.35. The molecular weight excluding hydrogens is 310 g/mol. The largest absolute Gasteiger partial charge is 0.384 e. The molecule has 0 aromatic carbocycles. The van der Waals surface area contributed by atoms with E-state index in [1.165, 1.54) is 10.4 Å². The smallest absolute Gasteiger partial charge is 0.123 e. The number of nitrogens with two attached hydrogens (primary N) is 1. The van der Waals surface area contributed by atoms with Crippen molar-refractivity contribution in [3.63, 3.8) is 0 Å². The normalized spacial score (nSPS) is 12.6. The first-order valence-corrected chi connectivity index (χ1v) is 7.49. The van der Waals surface area contributed by atoms with Gasteiger partial charge in [-0.25, -0.2) is 4.98 Å². The Morgan fingerprint density at radius 1 is 1.44 bits per heavy atom. The molecule has 0 saturated heterocycles. The molecule has 3 nitrogen and oxygen atoms in total. The molecule has 0 amide bonds. The average molecular weight is 326 g/mol. The van der Waals surface area contributed by atoms with Gasteiger partial charge in [-0.3, -0.25) is 0 Å². The van der Waals surface area contributed by atoms with Crippen LogP contribution in [0.3, 0.4) is 0 Å². The lowest BCUT2D eigenvalue weighted by Gasteiger charge is -2.16. The summed E-state index contributed by atoms with van der Waals surface area (Å²) >= 11 is 5.28. The Labute approximate surface area is 120 Å². The van der Waals surface area contributed by atoms with E-state index in [1.54, 1.807) is 17.5 Å². The van der Waals surface area contributed by atoms with Gasteiger partial charge < -0.3 is 11.1 Å². The van der Waals surface area contributed by atoms with Crippen LogP contribution in [0, 0.1) is 0 Å². The Morgan fingerprint density at radius 3 is 2.89 bits per heavy atom. The van der Waals surface area contributed by atoms with Gasteiger partial charge in [0.25, 0.3) is 0 Å². The molecule has 0 aliphatic carbocycles. The highest BCUT2D eigenvalue weighted by molar-refractivity contribution is 9.11. The van der Waals surface area contributed by atoms with Gasteiger partial charge in [-0.2, -0.15) is 0 Å². The summed E-state index contributed by atoms with van der Waals surface area (Å²) in [6.07, 6.45) is 2.69. The minimum atomic E-state index is 0.327. The number of likely N-dealkylation sites (N-methyl/N-ethyl adjacent to an activating group) is 1. The first-order chi connectivity index (χ1) is 8.69. The molecule has 2 heterocycles. The molecule has 0 spiro atoms. The second kappa shape index (κ2) is 6.31. The molecular formula is C13H16BrN3S. The molecule has 1 atom stereocenters. The quantitative estimate of drug-likeness (QED) is 0.886. The monoisotopic (exact) mass is 325 g/mol. The zero-order chi connectivity index (χ0) is 13.0. The molecule has 2 aromatic rings. The third-order valence-electron chi connectivity index (χ3n) is 2.67. The van der Waals surface area contributed by atoms with Gasteiger partial charge >= 0.3 is 0 Å². The van der Waals surface area contributed by atoms with Crippen molar-refractivity contribution >= 4 is 33.1 Å².